The highest BCUT2D eigenvalue weighted by atomic mass is 16.2. The van der Waals surface area contributed by atoms with Crippen LogP contribution in [0.3, 0.4) is 0 Å². The smallest absolute Gasteiger partial charge is 0.241 e. The Kier molecular flexibility index (Phi) is 4.28. The number of nitrogens with zero attached hydrogens (tertiary/aromatic N) is 3. The second-order valence-corrected chi connectivity index (χ2v) is 7.89. The van der Waals surface area contributed by atoms with E-state index in [0.717, 1.165) is 38.0 Å². The highest BCUT2D eigenvalue weighted by Gasteiger charge is 2.49. The Morgan fingerprint density at radius 2 is 1.84 bits per heavy atom. The van der Waals surface area contributed by atoms with E-state index in [4.69, 9.17) is 0 Å². The van der Waals surface area contributed by atoms with E-state index in [2.05, 4.69) is 9.80 Å². The fraction of sp³-hybridized carbons (Fsp3) is 0.600. The molecule has 0 radical (unpaired) electrons. The van der Waals surface area contributed by atoms with Gasteiger partial charge >= 0.3 is 0 Å². The molecule has 5 nitrogen and oxygen atoms in total. The van der Waals surface area contributed by atoms with Gasteiger partial charge in [0.15, 0.2) is 0 Å². The third kappa shape index (κ3) is 2.95. The maximum Gasteiger partial charge on any atom is 0.241 e. The highest BCUT2D eigenvalue weighted by Crippen LogP contribution is 2.35. The van der Waals surface area contributed by atoms with Crippen molar-refractivity contribution in [2.45, 2.75) is 37.6 Å². The molecular weight excluding hydrogens is 314 g/mol. The fourth-order valence-corrected chi connectivity index (χ4v) is 4.72. The van der Waals surface area contributed by atoms with Crippen LogP contribution in [0, 0.1) is 5.92 Å². The van der Waals surface area contributed by atoms with Crippen molar-refractivity contribution >= 4 is 17.5 Å². The Hall–Kier alpha value is -1.88. The summed E-state index contributed by atoms with van der Waals surface area (Å²) < 4.78 is 0. The second-order valence-electron chi connectivity index (χ2n) is 7.89. The molecule has 5 heteroatoms. The first-order valence-corrected chi connectivity index (χ1v) is 9.44. The van der Waals surface area contributed by atoms with Gasteiger partial charge in [-0.2, -0.15) is 0 Å². The first-order chi connectivity index (χ1) is 12.1. The lowest BCUT2D eigenvalue weighted by atomic mass is 9.92. The fourth-order valence-electron chi connectivity index (χ4n) is 4.72. The summed E-state index contributed by atoms with van der Waals surface area (Å²) in [7, 11) is 2.03. The summed E-state index contributed by atoms with van der Waals surface area (Å²) in [4.78, 5) is 31.5. The summed E-state index contributed by atoms with van der Waals surface area (Å²) in [5.41, 5.74) is 0.846. The lowest BCUT2D eigenvalue weighted by Gasteiger charge is -2.46. The number of benzene rings is 1. The molecule has 0 N–H and O–H groups in total. The van der Waals surface area contributed by atoms with Crippen LogP contribution in [0.4, 0.5) is 5.69 Å². The Morgan fingerprint density at radius 1 is 1.12 bits per heavy atom. The van der Waals surface area contributed by atoms with Gasteiger partial charge in [0.05, 0.1) is 12.1 Å². The molecule has 1 spiro atoms. The summed E-state index contributed by atoms with van der Waals surface area (Å²) in [6.07, 6.45) is 5.41. The normalized spacial score (nSPS) is 28.3. The molecule has 1 aromatic rings. The van der Waals surface area contributed by atoms with Crippen molar-refractivity contribution in [1.29, 1.82) is 0 Å². The van der Waals surface area contributed by atoms with Crippen LogP contribution in [0.2, 0.25) is 0 Å². The molecule has 25 heavy (non-hydrogen) atoms. The SMILES string of the molecule is CN1CC(=O)N(c2ccccc2)C[C@@]12CCN(C(=O)C1CCCC1)C2. The number of piperazine rings is 1. The number of para-hydroxylation sites is 1. The number of carbonyl (C=O) groups excluding carboxylic acids is 2. The van der Waals surface area contributed by atoms with E-state index in [1.54, 1.807) is 0 Å². The van der Waals surface area contributed by atoms with Crippen LogP contribution in [0.15, 0.2) is 30.3 Å². The van der Waals surface area contributed by atoms with E-state index in [1.165, 1.54) is 12.8 Å². The third-order valence-electron chi connectivity index (χ3n) is 6.35. The van der Waals surface area contributed by atoms with Gasteiger partial charge in [-0.3, -0.25) is 14.5 Å². The third-order valence-corrected chi connectivity index (χ3v) is 6.35. The van der Waals surface area contributed by atoms with Gasteiger partial charge in [-0.25, -0.2) is 0 Å². The van der Waals surface area contributed by atoms with Gasteiger partial charge in [-0.1, -0.05) is 31.0 Å². The number of amides is 2. The molecule has 2 saturated heterocycles. The predicted octanol–water partition coefficient (Wildman–Crippen LogP) is 2.13. The van der Waals surface area contributed by atoms with E-state index < -0.39 is 0 Å². The summed E-state index contributed by atoms with van der Waals surface area (Å²) in [6, 6.07) is 9.90. The average Bonchev–Trinajstić information content (AvgIpc) is 3.30. The van der Waals surface area contributed by atoms with E-state index >= 15 is 0 Å². The van der Waals surface area contributed by atoms with Gasteiger partial charge in [-0.15, -0.1) is 0 Å². The molecular formula is C20H27N3O2. The van der Waals surface area contributed by atoms with Crippen molar-refractivity contribution in [3.8, 4) is 0 Å². The minimum atomic E-state index is -0.113. The van der Waals surface area contributed by atoms with Gasteiger partial charge in [0.25, 0.3) is 0 Å². The van der Waals surface area contributed by atoms with Crippen molar-refractivity contribution < 1.29 is 9.59 Å². The number of likely N-dealkylation sites (N-methyl/N-ethyl adjacent to an activating group) is 1. The van der Waals surface area contributed by atoms with Crippen molar-refractivity contribution in [3.05, 3.63) is 30.3 Å². The van der Waals surface area contributed by atoms with Crippen molar-refractivity contribution in [2.24, 2.45) is 5.92 Å². The van der Waals surface area contributed by atoms with Crippen LogP contribution < -0.4 is 4.90 Å². The Labute approximate surface area is 149 Å². The monoisotopic (exact) mass is 341 g/mol. The van der Waals surface area contributed by atoms with Crippen LogP contribution in [0.25, 0.3) is 0 Å². The van der Waals surface area contributed by atoms with E-state index in [1.807, 2.05) is 42.3 Å². The van der Waals surface area contributed by atoms with Crippen LogP contribution in [0.1, 0.15) is 32.1 Å². The van der Waals surface area contributed by atoms with E-state index in [-0.39, 0.29) is 17.4 Å². The first-order valence-electron chi connectivity index (χ1n) is 9.44. The lowest BCUT2D eigenvalue weighted by molar-refractivity contribution is -0.134. The molecule has 1 aliphatic carbocycles. The molecule has 2 amide bonds. The van der Waals surface area contributed by atoms with E-state index in [9.17, 15) is 9.59 Å². The van der Waals surface area contributed by atoms with Gasteiger partial charge < -0.3 is 9.80 Å². The molecule has 3 aliphatic rings. The molecule has 134 valence electrons. The van der Waals surface area contributed by atoms with Crippen molar-refractivity contribution in [3.63, 3.8) is 0 Å². The molecule has 0 bridgehead atoms. The van der Waals surface area contributed by atoms with Crippen LogP contribution in [-0.4, -0.2) is 60.4 Å². The maximum absolute atomic E-state index is 12.8. The molecule has 1 aromatic carbocycles. The number of anilines is 1. The topological polar surface area (TPSA) is 43.9 Å². The highest BCUT2D eigenvalue weighted by molar-refractivity contribution is 5.96. The quantitative estimate of drug-likeness (QED) is 0.828. The van der Waals surface area contributed by atoms with Gasteiger partial charge in [0.1, 0.15) is 0 Å². The summed E-state index contributed by atoms with van der Waals surface area (Å²) in [6.45, 7) is 2.65. The van der Waals surface area contributed by atoms with Gasteiger partial charge in [0, 0.05) is 31.2 Å². The number of hydrogen-bond donors (Lipinski definition) is 0. The number of likely N-dealkylation sites (tertiary alicyclic amines) is 1. The zero-order valence-electron chi connectivity index (χ0n) is 15.0. The molecule has 1 atom stereocenters. The molecule has 2 aliphatic heterocycles. The number of hydrogen-bond acceptors (Lipinski definition) is 3. The average molecular weight is 341 g/mol. The number of rotatable bonds is 2. The Bertz CT molecular complexity index is 656. The lowest BCUT2D eigenvalue weighted by Crippen LogP contribution is -2.64. The minimum Gasteiger partial charge on any atom is -0.340 e. The standard InChI is InChI=1S/C20H27N3O2/c1-21-13-18(24)23(17-9-3-2-4-10-17)15-20(21)11-12-22(14-20)19(25)16-7-5-6-8-16/h2-4,9-10,16H,5-8,11-15H2,1H3/t20-/m0/s1. The minimum absolute atomic E-state index is 0.113. The molecule has 3 fully saturated rings. The van der Waals surface area contributed by atoms with Crippen LogP contribution in [-0.2, 0) is 9.59 Å². The summed E-state index contributed by atoms with van der Waals surface area (Å²) in [5, 5.41) is 0. The predicted molar refractivity (Wildman–Crippen MR) is 97.3 cm³/mol. The van der Waals surface area contributed by atoms with Gasteiger partial charge in [0.2, 0.25) is 11.8 Å². The largest absolute Gasteiger partial charge is 0.340 e. The molecule has 0 unspecified atom stereocenters. The zero-order valence-corrected chi connectivity index (χ0v) is 15.0. The molecule has 2 heterocycles. The zero-order chi connectivity index (χ0) is 17.4. The van der Waals surface area contributed by atoms with Gasteiger partial charge in [-0.05, 0) is 38.4 Å². The summed E-state index contributed by atoms with van der Waals surface area (Å²) in [5.74, 6) is 0.710. The molecule has 0 aromatic heterocycles. The van der Waals surface area contributed by atoms with Crippen molar-refractivity contribution in [2.75, 3.05) is 38.1 Å². The second kappa shape index (κ2) is 6.45. The number of carbonyl (C=O) groups is 2. The van der Waals surface area contributed by atoms with Crippen molar-refractivity contribution in [1.82, 2.24) is 9.80 Å². The Morgan fingerprint density at radius 3 is 2.56 bits per heavy atom. The van der Waals surface area contributed by atoms with E-state index in [0.29, 0.717) is 19.0 Å². The maximum atomic E-state index is 12.8. The molecule has 1 saturated carbocycles. The van der Waals surface area contributed by atoms with Crippen LogP contribution in [0.5, 0.6) is 0 Å². The Balaban J connectivity index is 1.52. The van der Waals surface area contributed by atoms with Crippen LogP contribution >= 0.6 is 0 Å². The first kappa shape index (κ1) is 16.6. The molecule has 4 rings (SSSR count). The summed E-state index contributed by atoms with van der Waals surface area (Å²) >= 11 is 0.